The second-order valence-electron chi connectivity index (χ2n) is 4.94. The Kier molecular flexibility index (Phi) is 6.18. The molecule has 0 aliphatic carbocycles. The molecule has 1 aromatic carbocycles. The van der Waals surface area contributed by atoms with Crippen LogP contribution < -0.4 is 5.32 Å². The molecular formula is C16H22N2OS. The Labute approximate surface area is 125 Å². The number of aryl methyl sites for hydroxylation is 1. The number of aromatic nitrogens is 1. The third-order valence-corrected chi connectivity index (χ3v) is 4.09. The molecule has 3 nitrogen and oxygen atoms in total. The SMILES string of the molecule is COCCNCC(Cc1nccs1)c1cccc(C)c1. The van der Waals surface area contributed by atoms with Crippen molar-refractivity contribution in [1.82, 2.24) is 10.3 Å². The number of hydrogen-bond donors (Lipinski definition) is 1. The van der Waals surface area contributed by atoms with Gasteiger partial charge in [-0.15, -0.1) is 11.3 Å². The van der Waals surface area contributed by atoms with Gasteiger partial charge < -0.3 is 10.1 Å². The Morgan fingerprint density at radius 3 is 3.00 bits per heavy atom. The summed E-state index contributed by atoms with van der Waals surface area (Å²) in [5.74, 6) is 0.456. The Morgan fingerprint density at radius 1 is 1.40 bits per heavy atom. The third kappa shape index (κ3) is 4.71. The number of benzene rings is 1. The van der Waals surface area contributed by atoms with Gasteiger partial charge >= 0.3 is 0 Å². The van der Waals surface area contributed by atoms with Crippen molar-refractivity contribution in [3.05, 3.63) is 52.0 Å². The molecule has 20 heavy (non-hydrogen) atoms. The van der Waals surface area contributed by atoms with E-state index in [0.717, 1.165) is 26.1 Å². The van der Waals surface area contributed by atoms with Crippen LogP contribution in [0.5, 0.6) is 0 Å². The average molecular weight is 290 g/mol. The van der Waals surface area contributed by atoms with Crippen LogP contribution in [0.4, 0.5) is 0 Å². The van der Waals surface area contributed by atoms with E-state index in [0.29, 0.717) is 5.92 Å². The third-order valence-electron chi connectivity index (χ3n) is 3.29. The zero-order valence-electron chi connectivity index (χ0n) is 12.1. The standard InChI is InChI=1S/C16H22N2OS/c1-13-4-3-5-14(10-13)15(12-17-6-8-19-2)11-16-18-7-9-20-16/h3-5,7,9-10,15,17H,6,8,11-12H2,1-2H3. The Balaban J connectivity index is 2.03. The van der Waals surface area contributed by atoms with Crippen molar-refractivity contribution < 1.29 is 4.74 Å². The maximum atomic E-state index is 5.08. The molecule has 0 saturated heterocycles. The lowest BCUT2D eigenvalue weighted by Crippen LogP contribution is -2.26. The van der Waals surface area contributed by atoms with Gasteiger partial charge in [0.15, 0.2) is 0 Å². The van der Waals surface area contributed by atoms with Gasteiger partial charge in [0, 0.05) is 44.1 Å². The quantitative estimate of drug-likeness (QED) is 0.759. The van der Waals surface area contributed by atoms with Crippen LogP contribution >= 0.6 is 11.3 Å². The van der Waals surface area contributed by atoms with E-state index < -0.39 is 0 Å². The van der Waals surface area contributed by atoms with E-state index >= 15 is 0 Å². The molecule has 0 spiro atoms. The minimum absolute atomic E-state index is 0.456. The number of rotatable bonds is 8. The topological polar surface area (TPSA) is 34.1 Å². The van der Waals surface area contributed by atoms with Gasteiger partial charge in [0.1, 0.15) is 0 Å². The molecule has 0 bridgehead atoms. The molecule has 0 saturated carbocycles. The van der Waals surface area contributed by atoms with Crippen LogP contribution in [-0.2, 0) is 11.2 Å². The van der Waals surface area contributed by atoms with Crippen molar-refractivity contribution in [1.29, 1.82) is 0 Å². The second-order valence-corrected chi connectivity index (χ2v) is 5.92. The molecule has 1 unspecified atom stereocenters. The molecule has 0 amide bonds. The number of ether oxygens (including phenoxy) is 1. The summed E-state index contributed by atoms with van der Waals surface area (Å²) >= 11 is 1.73. The van der Waals surface area contributed by atoms with Gasteiger partial charge in [-0.05, 0) is 12.5 Å². The van der Waals surface area contributed by atoms with Crippen LogP contribution in [0.25, 0.3) is 0 Å². The molecule has 1 heterocycles. The fourth-order valence-electron chi connectivity index (χ4n) is 2.25. The molecule has 0 radical (unpaired) electrons. The van der Waals surface area contributed by atoms with E-state index in [4.69, 9.17) is 4.74 Å². The lowest BCUT2D eigenvalue weighted by atomic mass is 9.94. The van der Waals surface area contributed by atoms with Gasteiger partial charge in [0.25, 0.3) is 0 Å². The first-order valence-corrected chi connectivity index (χ1v) is 7.82. The first kappa shape index (κ1) is 15.2. The monoisotopic (exact) mass is 290 g/mol. The summed E-state index contributed by atoms with van der Waals surface area (Å²) in [4.78, 5) is 4.41. The fraction of sp³-hybridized carbons (Fsp3) is 0.438. The van der Waals surface area contributed by atoms with Gasteiger partial charge in [0.05, 0.1) is 11.6 Å². The summed E-state index contributed by atoms with van der Waals surface area (Å²) in [5, 5.41) is 6.71. The van der Waals surface area contributed by atoms with E-state index in [9.17, 15) is 0 Å². The normalized spacial score (nSPS) is 12.5. The van der Waals surface area contributed by atoms with Gasteiger partial charge in [-0.2, -0.15) is 0 Å². The predicted octanol–water partition coefficient (Wildman–Crippen LogP) is 3.01. The number of nitrogens with one attached hydrogen (secondary N) is 1. The number of methoxy groups -OCH3 is 1. The van der Waals surface area contributed by atoms with Crippen molar-refractivity contribution in [2.45, 2.75) is 19.3 Å². The number of hydrogen-bond acceptors (Lipinski definition) is 4. The summed E-state index contributed by atoms with van der Waals surface area (Å²) in [6.45, 7) is 4.73. The first-order valence-electron chi connectivity index (χ1n) is 6.94. The van der Waals surface area contributed by atoms with Gasteiger partial charge in [0.2, 0.25) is 0 Å². The predicted molar refractivity (Wildman–Crippen MR) is 84.5 cm³/mol. The van der Waals surface area contributed by atoms with Crippen molar-refractivity contribution >= 4 is 11.3 Å². The molecule has 1 N–H and O–H groups in total. The van der Waals surface area contributed by atoms with Gasteiger partial charge in [-0.25, -0.2) is 4.98 Å². The van der Waals surface area contributed by atoms with Gasteiger partial charge in [-0.1, -0.05) is 29.8 Å². The molecule has 2 rings (SSSR count). The van der Waals surface area contributed by atoms with E-state index in [1.807, 2.05) is 11.6 Å². The minimum atomic E-state index is 0.456. The highest BCUT2D eigenvalue weighted by Gasteiger charge is 2.13. The van der Waals surface area contributed by atoms with Crippen LogP contribution in [0.3, 0.4) is 0 Å². The molecule has 108 valence electrons. The minimum Gasteiger partial charge on any atom is -0.383 e. The summed E-state index contributed by atoms with van der Waals surface area (Å²) in [5.41, 5.74) is 2.69. The van der Waals surface area contributed by atoms with E-state index in [1.54, 1.807) is 18.4 Å². The Bertz CT molecular complexity index is 499. The van der Waals surface area contributed by atoms with Crippen molar-refractivity contribution in [2.75, 3.05) is 26.8 Å². The first-order chi connectivity index (χ1) is 9.79. The largest absolute Gasteiger partial charge is 0.383 e. The maximum absolute atomic E-state index is 5.08. The zero-order valence-corrected chi connectivity index (χ0v) is 13.0. The molecular weight excluding hydrogens is 268 g/mol. The van der Waals surface area contributed by atoms with Gasteiger partial charge in [-0.3, -0.25) is 0 Å². The average Bonchev–Trinajstić information content (AvgIpc) is 2.95. The van der Waals surface area contributed by atoms with Crippen molar-refractivity contribution in [2.24, 2.45) is 0 Å². The lowest BCUT2D eigenvalue weighted by molar-refractivity contribution is 0.199. The highest BCUT2D eigenvalue weighted by Crippen LogP contribution is 2.22. The summed E-state index contributed by atoms with van der Waals surface area (Å²) in [6, 6.07) is 8.76. The molecule has 1 aromatic heterocycles. The fourth-order valence-corrected chi connectivity index (χ4v) is 2.94. The van der Waals surface area contributed by atoms with Crippen LogP contribution in [0.1, 0.15) is 22.1 Å². The molecule has 0 aliphatic heterocycles. The van der Waals surface area contributed by atoms with E-state index in [1.165, 1.54) is 16.1 Å². The second kappa shape index (κ2) is 8.15. The molecule has 4 heteroatoms. The Hall–Kier alpha value is -1.23. The molecule has 2 aromatic rings. The Morgan fingerprint density at radius 2 is 2.30 bits per heavy atom. The van der Waals surface area contributed by atoms with Crippen molar-refractivity contribution in [3.8, 4) is 0 Å². The number of thiazole rings is 1. The van der Waals surface area contributed by atoms with E-state index in [-0.39, 0.29) is 0 Å². The highest BCUT2D eigenvalue weighted by molar-refractivity contribution is 7.09. The summed E-state index contributed by atoms with van der Waals surface area (Å²) < 4.78 is 5.08. The lowest BCUT2D eigenvalue weighted by Gasteiger charge is -2.17. The van der Waals surface area contributed by atoms with Crippen LogP contribution in [0.15, 0.2) is 35.8 Å². The number of nitrogens with zero attached hydrogens (tertiary/aromatic N) is 1. The highest BCUT2D eigenvalue weighted by atomic mass is 32.1. The van der Waals surface area contributed by atoms with Crippen LogP contribution in [0.2, 0.25) is 0 Å². The van der Waals surface area contributed by atoms with E-state index in [2.05, 4.69) is 41.5 Å². The maximum Gasteiger partial charge on any atom is 0.0931 e. The zero-order chi connectivity index (χ0) is 14.2. The molecule has 0 fully saturated rings. The van der Waals surface area contributed by atoms with Crippen LogP contribution in [-0.4, -0.2) is 31.8 Å². The summed E-state index contributed by atoms with van der Waals surface area (Å²) in [6.07, 6.45) is 2.87. The molecule has 1 atom stereocenters. The van der Waals surface area contributed by atoms with Crippen LogP contribution in [0, 0.1) is 6.92 Å². The summed E-state index contributed by atoms with van der Waals surface area (Å²) in [7, 11) is 1.73. The smallest absolute Gasteiger partial charge is 0.0931 e. The van der Waals surface area contributed by atoms with Crippen molar-refractivity contribution in [3.63, 3.8) is 0 Å². The molecule has 0 aliphatic rings.